The summed E-state index contributed by atoms with van der Waals surface area (Å²) >= 11 is 0. The van der Waals surface area contributed by atoms with Crippen molar-refractivity contribution in [3.8, 4) is 6.07 Å². The van der Waals surface area contributed by atoms with Crippen LogP contribution in [0.15, 0.2) is 30.3 Å². The second kappa shape index (κ2) is 4.80. The van der Waals surface area contributed by atoms with Gasteiger partial charge < -0.3 is 4.90 Å². The Balaban J connectivity index is 1.88. The van der Waals surface area contributed by atoms with Gasteiger partial charge in [-0.25, -0.2) is 0 Å². The van der Waals surface area contributed by atoms with Crippen LogP contribution in [-0.4, -0.2) is 23.9 Å². The van der Waals surface area contributed by atoms with Gasteiger partial charge in [-0.3, -0.25) is 4.79 Å². The number of carbonyl (C=O) groups excluding carboxylic acids is 1. The van der Waals surface area contributed by atoms with Crippen molar-refractivity contribution in [2.75, 3.05) is 13.1 Å². The van der Waals surface area contributed by atoms with Crippen LogP contribution >= 0.6 is 0 Å². The molecule has 2 rings (SSSR count). The van der Waals surface area contributed by atoms with E-state index in [2.05, 4.69) is 18.2 Å². The van der Waals surface area contributed by atoms with Gasteiger partial charge in [0.1, 0.15) is 0 Å². The van der Waals surface area contributed by atoms with Crippen molar-refractivity contribution >= 4 is 5.91 Å². The molecule has 1 aliphatic rings. The fraction of sp³-hybridized carbons (Fsp3) is 0.385. The van der Waals surface area contributed by atoms with E-state index in [0.717, 1.165) is 13.0 Å². The summed E-state index contributed by atoms with van der Waals surface area (Å²) < 4.78 is 0. The van der Waals surface area contributed by atoms with E-state index in [1.54, 1.807) is 4.90 Å². The molecule has 0 N–H and O–H groups in total. The number of hydrogen-bond acceptors (Lipinski definition) is 2. The molecule has 1 aromatic rings. The van der Waals surface area contributed by atoms with Gasteiger partial charge in [0, 0.05) is 19.5 Å². The van der Waals surface area contributed by atoms with Gasteiger partial charge >= 0.3 is 0 Å². The van der Waals surface area contributed by atoms with Crippen LogP contribution in [0, 0.1) is 17.2 Å². The smallest absolute Gasteiger partial charge is 0.224 e. The predicted molar refractivity (Wildman–Crippen MR) is 60.4 cm³/mol. The highest BCUT2D eigenvalue weighted by Crippen LogP contribution is 2.17. The molecule has 3 nitrogen and oxygen atoms in total. The van der Waals surface area contributed by atoms with Gasteiger partial charge in [-0.1, -0.05) is 30.3 Å². The Morgan fingerprint density at radius 3 is 2.75 bits per heavy atom. The molecule has 1 atom stereocenters. The van der Waals surface area contributed by atoms with Gasteiger partial charge in [0.2, 0.25) is 5.91 Å². The van der Waals surface area contributed by atoms with E-state index in [4.69, 9.17) is 5.26 Å². The first-order chi connectivity index (χ1) is 7.79. The number of nitrogens with zero attached hydrogens (tertiary/aromatic N) is 2. The third-order valence-corrected chi connectivity index (χ3v) is 2.91. The molecule has 1 amide bonds. The summed E-state index contributed by atoms with van der Waals surface area (Å²) in [6, 6.07) is 12.3. The normalized spacial score (nSPS) is 19.8. The number of likely N-dealkylation sites (tertiary alicyclic amines) is 1. The largest absolute Gasteiger partial charge is 0.341 e. The Kier molecular flexibility index (Phi) is 3.21. The number of amides is 1. The van der Waals surface area contributed by atoms with E-state index in [9.17, 15) is 4.79 Å². The number of benzene rings is 1. The van der Waals surface area contributed by atoms with Gasteiger partial charge in [-0.05, 0) is 12.0 Å². The zero-order chi connectivity index (χ0) is 11.4. The molecule has 0 spiro atoms. The van der Waals surface area contributed by atoms with Crippen molar-refractivity contribution in [3.63, 3.8) is 0 Å². The van der Waals surface area contributed by atoms with Crippen LogP contribution in [0.5, 0.6) is 0 Å². The van der Waals surface area contributed by atoms with Crippen LogP contribution in [0.3, 0.4) is 0 Å². The maximum Gasteiger partial charge on any atom is 0.224 e. The molecule has 0 bridgehead atoms. The standard InChI is InChI=1S/C13H14N2O/c14-9-12-8-13(16)15(10-12)7-6-11-4-2-1-3-5-11/h1-5,12H,6-8,10H2. The van der Waals surface area contributed by atoms with Crippen LogP contribution in [-0.2, 0) is 11.2 Å². The number of hydrogen-bond donors (Lipinski definition) is 0. The lowest BCUT2D eigenvalue weighted by Gasteiger charge is -2.15. The van der Waals surface area contributed by atoms with Crippen LogP contribution in [0.4, 0.5) is 0 Å². The zero-order valence-electron chi connectivity index (χ0n) is 9.10. The topological polar surface area (TPSA) is 44.1 Å². The number of rotatable bonds is 3. The maximum absolute atomic E-state index is 11.5. The van der Waals surface area contributed by atoms with E-state index >= 15 is 0 Å². The SMILES string of the molecule is N#CC1CC(=O)N(CCc2ccccc2)C1. The van der Waals surface area contributed by atoms with Gasteiger partial charge in [0.05, 0.1) is 12.0 Å². The summed E-state index contributed by atoms with van der Waals surface area (Å²) in [7, 11) is 0. The second-order valence-electron chi connectivity index (χ2n) is 4.11. The monoisotopic (exact) mass is 214 g/mol. The lowest BCUT2D eigenvalue weighted by atomic mass is 10.1. The molecule has 82 valence electrons. The minimum Gasteiger partial charge on any atom is -0.341 e. The minimum atomic E-state index is -0.108. The quantitative estimate of drug-likeness (QED) is 0.767. The summed E-state index contributed by atoms with van der Waals surface area (Å²) in [6.45, 7) is 1.32. The average molecular weight is 214 g/mol. The Morgan fingerprint density at radius 1 is 1.38 bits per heavy atom. The summed E-state index contributed by atoms with van der Waals surface area (Å²) in [6.07, 6.45) is 1.26. The third-order valence-electron chi connectivity index (χ3n) is 2.91. The van der Waals surface area contributed by atoms with Crippen LogP contribution < -0.4 is 0 Å². The molecule has 0 saturated carbocycles. The molecule has 1 fully saturated rings. The first kappa shape index (κ1) is 10.7. The number of nitriles is 1. The lowest BCUT2D eigenvalue weighted by molar-refractivity contribution is -0.127. The molecule has 16 heavy (non-hydrogen) atoms. The summed E-state index contributed by atoms with van der Waals surface area (Å²) in [4.78, 5) is 13.3. The van der Waals surface area contributed by atoms with E-state index in [1.165, 1.54) is 5.56 Å². The highest BCUT2D eigenvalue weighted by Gasteiger charge is 2.28. The Morgan fingerprint density at radius 2 is 2.12 bits per heavy atom. The maximum atomic E-state index is 11.5. The predicted octanol–water partition coefficient (Wildman–Crippen LogP) is 1.60. The van der Waals surface area contributed by atoms with Crippen molar-refractivity contribution in [2.45, 2.75) is 12.8 Å². The molecule has 1 heterocycles. The molecule has 1 aromatic carbocycles. The third kappa shape index (κ3) is 2.40. The molecule has 3 heteroatoms. The van der Waals surface area contributed by atoms with Crippen molar-refractivity contribution in [1.82, 2.24) is 4.90 Å². The molecule has 0 radical (unpaired) electrons. The van der Waals surface area contributed by atoms with Gasteiger partial charge in [-0.15, -0.1) is 0 Å². The minimum absolute atomic E-state index is 0.108. The van der Waals surface area contributed by atoms with Gasteiger partial charge in [-0.2, -0.15) is 5.26 Å². The molecule has 0 aliphatic carbocycles. The van der Waals surface area contributed by atoms with E-state index < -0.39 is 0 Å². The van der Waals surface area contributed by atoms with Crippen LogP contribution in [0.1, 0.15) is 12.0 Å². The van der Waals surface area contributed by atoms with E-state index in [0.29, 0.717) is 13.0 Å². The van der Waals surface area contributed by atoms with Crippen LogP contribution in [0.2, 0.25) is 0 Å². The van der Waals surface area contributed by atoms with E-state index in [1.807, 2.05) is 18.2 Å². The Bertz CT molecular complexity index is 408. The Labute approximate surface area is 95.3 Å². The van der Waals surface area contributed by atoms with Crippen molar-refractivity contribution in [1.29, 1.82) is 5.26 Å². The van der Waals surface area contributed by atoms with Crippen molar-refractivity contribution in [2.24, 2.45) is 5.92 Å². The first-order valence-corrected chi connectivity index (χ1v) is 5.51. The fourth-order valence-corrected chi connectivity index (χ4v) is 1.98. The molecule has 1 unspecified atom stereocenters. The van der Waals surface area contributed by atoms with Gasteiger partial charge in [0.15, 0.2) is 0 Å². The van der Waals surface area contributed by atoms with Gasteiger partial charge in [0.25, 0.3) is 0 Å². The molecule has 1 aliphatic heterocycles. The Hall–Kier alpha value is -1.82. The molecule has 0 aromatic heterocycles. The highest BCUT2D eigenvalue weighted by molar-refractivity contribution is 5.79. The fourth-order valence-electron chi connectivity index (χ4n) is 1.98. The molecule has 1 saturated heterocycles. The van der Waals surface area contributed by atoms with Crippen LogP contribution in [0.25, 0.3) is 0 Å². The zero-order valence-corrected chi connectivity index (χ0v) is 9.10. The number of carbonyl (C=O) groups is 1. The van der Waals surface area contributed by atoms with E-state index in [-0.39, 0.29) is 11.8 Å². The summed E-state index contributed by atoms with van der Waals surface area (Å²) in [5, 5.41) is 8.76. The summed E-state index contributed by atoms with van der Waals surface area (Å²) in [5.41, 5.74) is 1.23. The highest BCUT2D eigenvalue weighted by atomic mass is 16.2. The van der Waals surface area contributed by atoms with Crippen molar-refractivity contribution < 1.29 is 4.79 Å². The second-order valence-corrected chi connectivity index (χ2v) is 4.11. The van der Waals surface area contributed by atoms with Crippen molar-refractivity contribution in [3.05, 3.63) is 35.9 Å². The molecular weight excluding hydrogens is 200 g/mol. The lowest BCUT2D eigenvalue weighted by Crippen LogP contribution is -2.27. The summed E-state index contributed by atoms with van der Waals surface area (Å²) in [5.74, 6) is 0.00533. The average Bonchev–Trinajstić information content (AvgIpc) is 2.69. The first-order valence-electron chi connectivity index (χ1n) is 5.51. The molecular formula is C13H14N2O.